The molecule has 9 nitrogen and oxygen atoms in total. The summed E-state index contributed by atoms with van der Waals surface area (Å²) in [5.74, 6) is -0.867. The van der Waals surface area contributed by atoms with E-state index in [0.717, 1.165) is 12.8 Å². The Kier molecular flexibility index (Phi) is 12.0. The van der Waals surface area contributed by atoms with Gasteiger partial charge in [0.15, 0.2) is 0 Å². The van der Waals surface area contributed by atoms with Crippen molar-refractivity contribution in [1.82, 2.24) is 16.0 Å². The van der Waals surface area contributed by atoms with Crippen LogP contribution in [0.15, 0.2) is 0 Å². The van der Waals surface area contributed by atoms with Crippen LogP contribution in [0.4, 0.5) is 4.79 Å². The van der Waals surface area contributed by atoms with Crippen LogP contribution in [0.1, 0.15) is 66.7 Å². The van der Waals surface area contributed by atoms with Crippen molar-refractivity contribution in [2.24, 2.45) is 17.8 Å². The molecule has 0 radical (unpaired) electrons. The zero-order chi connectivity index (χ0) is 25.2. The predicted octanol–water partition coefficient (Wildman–Crippen LogP) is 2.78. The van der Waals surface area contributed by atoms with Crippen molar-refractivity contribution in [3.63, 3.8) is 0 Å². The molecule has 1 saturated carbocycles. The van der Waals surface area contributed by atoms with Gasteiger partial charge in [0.2, 0.25) is 11.8 Å². The van der Waals surface area contributed by atoms with Crippen molar-refractivity contribution in [3.8, 4) is 0 Å². The van der Waals surface area contributed by atoms with Gasteiger partial charge in [0.05, 0.1) is 0 Å². The lowest BCUT2D eigenvalue weighted by Gasteiger charge is -2.30. The molecule has 33 heavy (non-hydrogen) atoms. The molecule has 4 N–H and O–H groups in total. The van der Waals surface area contributed by atoms with Gasteiger partial charge in [0.25, 0.3) is 0 Å². The van der Waals surface area contributed by atoms with Crippen LogP contribution in [0.25, 0.3) is 0 Å². The lowest BCUT2D eigenvalue weighted by Crippen LogP contribution is -2.51. The first kappa shape index (κ1) is 29.1. The number of carbonyl (C=O) groups excluding carboxylic acids is 3. The topological polar surface area (TPSA) is 134 Å². The monoisotopic (exact) mass is 487 g/mol. The number of amides is 3. The molecule has 0 aromatic rings. The minimum atomic E-state index is -1.01. The van der Waals surface area contributed by atoms with E-state index < -0.39 is 29.7 Å². The predicted molar refractivity (Wildman–Crippen MR) is 129 cm³/mol. The van der Waals surface area contributed by atoms with Crippen LogP contribution < -0.4 is 16.0 Å². The van der Waals surface area contributed by atoms with Crippen molar-refractivity contribution < 1.29 is 29.0 Å². The smallest absolute Gasteiger partial charge is 0.408 e. The molecule has 0 aromatic heterocycles. The first-order chi connectivity index (χ1) is 15.3. The molecule has 0 bridgehead atoms. The zero-order valence-electron chi connectivity index (χ0n) is 20.7. The maximum atomic E-state index is 12.7. The van der Waals surface area contributed by atoms with E-state index >= 15 is 0 Å². The van der Waals surface area contributed by atoms with Gasteiger partial charge < -0.3 is 25.8 Å². The van der Waals surface area contributed by atoms with Gasteiger partial charge in [-0.1, -0.05) is 13.8 Å². The minimum absolute atomic E-state index is 0.106. The van der Waals surface area contributed by atoms with Crippen molar-refractivity contribution in [2.45, 2.75) is 84.4 Å². The summed E-state index contributed by atoms with van der Waals surface area (Å²) in [7, 11) is 0. The van der Waals surface area contributed by atoms with Gasteiger partial charge in [-0.2, -0.15) is 11.8 Å². The molecule has 0 aliphatic heterocycles. The third-order valence-corrected chi connectivity index (χ3v) is 6.27. The van der Waals surface area contributed by atoms with Crippen LogP contribution in [0.5, 0.6) is 0 Å². The Morgan fingerprint density at radius 3 is 2.15 bits per heavy atom. The molecule has 0 saturated heterocycles. The van der Waals surface area contributed by atoms with Crippen LogP contribution in [-0.4, -0.2) is 65.2 Å². The lowest BCUT2D eigenvalue weighted by molar-refractivity contribution is -0.142. The van der Waals surface area contributed by atoms with Gasteiger partial charge in [-0.05, 0) is 76.7 Å². The number of hydrogen-bond donors (Lipinski definition) is 4. The minimum Gasteiger partial charge on any atom is -0.480 e. The second-order valence-corrected chi connectivity index (χ2v) is 11.0. The van der Waals surface area contributed by atoms with Gasteiger partial charge in [-0.25, -0.2) is 9.59 Å². The average Bonchev–Trinajstić information content (AvgIpc) is 2.71. The molecule has 2 atom stereocenters. The number of aliphatic carboxylic acids is 1. The van der Waals surface area contributed by atoms with Crippen molar-refractivity contribution in [2.75, 3.05) is 18.6 Å². The summed E-state index contributed by atoms with van der Waals surface area (Å²) in [5.41, 5.74) is -0.646. The molecule has 0 heterocycles. The summed E-state index contributed by atoms with van der Waals surface area (Å²) < 4.78 is 5.26. The van der Waals surface area contributed by atoms with Crippen molar-refractivity contribution in [3.05, 3.63) is 0 Å². The number of carboxylic acid groups (broad SMARTS) is 1. The molecule has 1 aliphatic rings. The number of nitrogens with one attached hydrogen (secondary N) is 3. The van der Waals surface area contributed by atoms with Crippen LogP contribution in [-0.2, 0) is 19.1 Å². The van der Waals surface area contributed by atoms with E-state index in [4.69, 9.17) is 4.74 Å². The Hall–Kier alpha value is -1.97. The maximum absolute atomic E-state index is 12.7. The Morgan fingerprint density at radius 2 is 1.67 bits per heavy atom. The van der Waals surface area contributed by atoms with E-state index in [1.807, 2.05) is 20.1 Å². The largest absolute Gasteiger partial charge is 0.480 e. The van der Waals surface area contributed by atoms with Gasteiger partial charge in [-0.15, -0.1) is 0 Å². The fourth-order valence-corrected chi connectivity index (χ4v) is 4.21. The number of carbonyl (C=O) groups is 4. The average molecular weight is 488 g/mol. The highest BCUT2D eigenvalue weighted by atomic mass is 32.2. The number of rotatable bonds is 11. The van der Waals surface area contributed by atoms with E-state index in [-0.39, 0.29) is 29.6 Å². The molecule has 0 aromatic carbocycles. The molecule has 0 unspecified atom stereocenters. The Labute approximate surface area is 201 Å². The Balaban J connectivity index is 2.48. The maximum Gasteiger partial charge on any atom is 0.408 e. The van der Waals surface area contributed by atoms with E-state index in [9.17, 15) is 24.3 Å². The second kappa shape index (κ2) is 13.7. The van der Waals surface area contributed by atoms with Gasteiger partial charge in [0, 0.05) is 12.5 Å². The zero-order valence-corrected chi connectivity index (χ0v) is 21.5. The SMILES string of the molecule is CSCC[C@@H](NC(=O)C1CCC(CNC(=O)[C@@H](NC(=O)OC(C)(C)C)C(C)C)CC1)C(=O)O. The van der Waals surface area contributed by atoms with E-state index in [1.165, 1.54) is 0 Å². The van der Waals surface area contributed by atoms with E-state index in [1.54, 1.807) is 32.5 Å². The number of ether oxygens (including phenoxy) is 1. The summed E-state index contributed by atoms with van der Waals surface area (Å²) in [5, 5.41) is 17.6. The summed E-state index contributed by atoms with van der Waals surface area (Å²) in [6.45, 7) is 9.47. The quantitative estimate of drug-likeness (QED) is 0.352. The van der Waals surface area contributed by atoms with Gasteiger partial charge in [-0.3, -0.25) is 9.59 Å². The molecular formula is C23H41N3O6S. The van der Waals surface area contributed by atoms with Crippen LogP contribution >= 0.6 is 11.8 Å². The number of carboxylic acids is 1. The Morgan fingerprint density at radius 1 is 1.06 bits per heavy atom. The molecule has 1 fully saturated rings. The van der Waals surface area contributed by atoms with Crippen LogP contribution in [0.2, 0.25) is 0 Å². The number of thioether (sulfide) groups is 1. The molecular weight excluding hydrogens is 446 g/mol. The third-order valence-electron chi connectivity index (χ3n) is 5.63. The van der Waals surface area contributed by atoms with Crippen molar-refractivity contribution in [1.29, 1.82) is 0 Å². The second-order valence-electron chi connectivity index (χ2n) is 10.0. The normalized spacial score (nSPS) is 20.5. The summed E-state index contributed by atoms with van der Waals surface area (Å²) in [6.07, 6.45) is 4.53. The van der Waals surface area contributed by atoms with Gasteiger partial charge >= 0.3 is 12.1 Å². The summed E-state index contributed by atoms with van der Waals surface area (Å²) in [6, 6.07) is -1.55. The van der Waals surface area contributed by atoms with E-state index in [0.29, 0.717) is 31.6 Å². The Bertz CT molecular complexity index is 672. The fraction of sp³-hybridized carbons (Fsp3) is 0.826. The summed E-state index contributed by atoms with van der Waals surface area (Å²) in [4.78, 5) is 48.6. The van der Waals surface area contributed by atoms with Crippen molar-refractivity contribution >= 4 is 35.6 Å². The highest BCUT2D eigenvalue weighted by Crippen LogP contribution is 2.28. The standard InChI is InChI=1S/C23H41N3O6S/c1-14(2)18(26-22(31)32-23(3,4)5)20(28)24-13-15-7-9-16(10-8-15)19(27)25-17(21(29)30)11-12-33-6/h14-18H,7-13H2,1-6H3,(H,24,28)(H,25,27)(H,26,31)(H,29,30)/t15?,16?,17-,18+/m1/s1. The summed E-state index contributed by atoms with van der Waals surface area (Å²) >= 11 is 1.55. The molecule has 0 spiro atoms. The molecule has 1 rings (SSSR count). The number of hydrogen-bond acceptors (Lipinski definition) is 6. The van der Waals surface area contributed by atoms with Gasteiger partial charge in [0.1, 0.15) is 17.7 Å². The highest BCUT2D eigenvalue weighted by Gasteiger charge is 2.31. The third kappa shape index (κ3) is 11.1. The molecule has 190 valence electrons. The molecule has 3 amide bonds. The fourth-order valence-electron chi connectivity index (χ4n) is 3.74. The van der Waals surface area contributed by atoms with Crippen LogP contribution in [0, 0.1) is 17.8 Å². The molecule has 1 aliphatic carbocycles. The first-order valence-electron chi connectivity index (χ1n) is 11.6. The van der Waals surface area contributed by atoms with E-state index in [2.05, 4.69) is 16.0 Å². The lowest BCUT2D eigenvalue weighted by atomic mass is 9.81. The van der Waals surface area contributed by atoms with Crippen LogP contribution in [0.3, 0.4) is 0 Å². The first-order valence-corrected chi connectivity index (χ1v) is 13.0. The number of alkyl carbamates (subject to hydrolysis) is 1. The molecule has 10 heteroatoms. The highest BCUT2D eigenvalue weighted by molar-refractivity contribution is 7.98.